The molecule has 0 amide bonds. The van der Waals surface area contributed by atoms with Crippen LogP contribution in [0.5, 0.6) is 0 Å². The normalized spacial score (nSPS) is 31.7. The molecule has 0 bridgehead atoms. The Hall–Kier alpha value is 0.270. The molecule has 0 aromatic heterocycles. The second-order valence-electron chi connectivity index (χ2n) is 4.67. The molecule has 1 saturated heterocycles. The lowest BCUT2D eigenvalue weighted by Gasteiger charge is -2.37. The Bertz CT molecular complexity index is 167. The van der Waals surface area contributed by atoms with Crippen molar-refractivity contribution in [2.24, 2.45) is 11.8 Å². The summed E-state index contributed by atoms with van der Waals surface area (Å²) in [6.45, 7) is 6.92. The van der Waals surface area contributed by atoms with Crippen molar-refractivity contribution in [1.29, 1.82) is 0 Å². The van der Waals surface area contributed by atoms with Gasteiger partial charge in [0, 0.05) is 10.8 Å². The zero-order valence-corrected chi connectivity index (χ0v) is 10.5. The molecule has 3 unspecified atom stereocenters. The maximum absolute atomic E-state index is 5.71. The fourth-order valence-electron chi connectivity index (χ4n) is 2.61. The maximum Gasteiger partial charge on any atom is 0.0380 e. The first-order valence-electron chi connectivity index (χ1n) is 5.74. The molecule has 0 radical (unpaired) electrons. The quantitative estimate of drug-likeness (QED) is 0.548. The third-order valence-corrected chi connectivity index (χ3v) is 5.01. The van der Waals surface area contributed by atoms with Crippen LogP contribution < -0.4 is 11.3 Å². The maximum atomic E-state index is 5.71. The summed E-state index contributed by atoms with van der Waals surface area (Å²) in [5.41, 5.74) is 3.05. The number of thioether (sulfide) groups is 1. The van der Waals surface area contributed by atoms with Crippen molar-refractivity contribution in [2.45, 2.75) is 57.2 Å². The topological polar surface area (TPSA) is 38.0 Å². The van der Waals surface area contributed by atoms with Crippen LogP contribution in [0, 0.1) is 5.92 Å². The van der Waals surface area contributed by atoms with Crippen LogP contribution >= 0.6 is 11.8 Å². The van der Waals surface area contributed by atoms with E-state index < -0.39 is 0 Å². The second-order valence-corrected chi connectivity index (χ2v) is 6.30. The summed E-state index contributed by atoms with van der Waals surface area (Å²) < 4.78 is 0.364. The summed E-state index contributed by atoms with van der Waals surface area (Å²) in [6.07, 6.45) is 5.17. The van der Waals surface area contributed by atoms with E-state index in [1.807, 2.05) is 0 Å². The molecule has 2 nitrogen and oxygen atoms in total. The predicted molar refractivity (Wildman–Crippen MR) is 65.3 cm³/mol. The minimum Gasteiger partial charge on any atom is -0.271 e. The molecule has 0 saturated carbocycles. The lowest BCUT2D eigenvalue weighted by molar-refractivity contribution is 0.293. The summed E-state index contributed by atoms with van der Waals surface area (Å²) in [5.74, 6) is 7.69. The van der Waals surface area contributed by atoms with Crippen LogP contribution in [-0.2, 0) is 0 Å². The van der Waals surface area contributed by atoms with E-state index in [4.69, 9.17) is 5.84 Å². The highest BCUT2D eigenvalue weighted by atomic mass is 32.2. The summed E-state index contributed by atoms with van der Waals surface area (Å²) in [4.78, 5) is 0. The van der Waals surface area contributed by atoms with E-state index in [1.165, 1.54) is 31.4 Å². The van der Waals surface area contributed by atoms with Gasteiger partial charge in [-0.3, -0.25) is 11.3 Å². The van der Waals surface area contributed by atoms with Gasteiger partial charge in [0.1, 0.15) is 0 Å². The van der Waals surface area contributed by atoms with Crippen molar-refractivity contribution in [1.82, 2.24) is 5.43 Å². The Balaban J connectivity index is 2.59. The molecule has 3 heteroatoms. The van der Waals surface area contributed by atoms with E-state index in [0.717, 1.165) is 0 Å². The first-order chi connectivity index (χ1) is 6.64. The molecule has 0 aromatic rings. The summed E-state index contributed by atoms with van der Waals surface area (Å²) in [5, 5.41) is 0. The minimum atomic E-state index is 0.364. The molecule has 1 rings (SSSR count). The van der Waals surface area contributed by atoms with Crippen molar-refractivity contribution >= 4 is 11.8 Å². The van der Waals surface area contributed by atoms with Gasteiger partial charge in [0.05, 0.1) is 0 Å². The molecule has 3 atom stereocenters. The molecule has 1 aliphatic rings. The fraction of sp³-hybridized carbons (Fsp3) is 1.00. The van der Waals surface area contributed by atoms with E-state index >= 15 is 0 Å². The Kier molecular flexibility index (Phi) is 4.74. The van der Waals surface area contributed by atoms with Crippen LogP contribution in [0.1, 0.15) is 46.5 Å². The van der Waals surface area contributed by atoms with Crippen LogP contribution in [0.2, 0.25) is 0 Å². The van der Waals surface area contributed by atoms with Gasteiger partial charge in [-0.1, -0.05) is 20.3 Å². The average Bonchev–Trinajstić information content (AvgIpc) is 2.54. The monoisotopic (exact) mass is 216 g/mol. The molecular formula is C11H24N2S. The summed E-state index contributed by atoms with van der Waals surface area (Å²) >= 11 is 2.09. The number of nitrogens with one attached hydrogen (secondary N) is 1. The fourth-order valence-corrected chi connectivity index (χ4v) is 4.13. The van der Waals surface area contributed by atoms with Gasteiger partial charge >= 0.3 is 0 Å². The molecule has 0 spiro atoms. The molecule has 14 heavy (non-hydrogen) atoms. The number of rotatable bonds is 5. The van der Waals surface area contributed by atoms with E-state index in [1.54, 1.807) is 0 Å². The Morgan fingerprint density at radius 1 is 1.57 bits per heavy atom. The molecule has 1 fully saturated rings. The molecule has 3 N–H and O–H groups in total. The van der Waals surface area contributed by atoms with Crippen LogP contribution in [0.4, 0.5) is 0 Å². The van der Waals surface area contributed by atoms with Gasteiger partial charge in [0.2, 0.25) is 0 Å². The highest BCUT2D eigenvalue weighted by Crippen LogP contribution is 2.42. The molecular weight excluding hydrogens is 192 g/mol. The van der Waals surface area contributed by atoms with Crippen LogP contribution in [0.3, 0.4) is 0 Å². The molecule has 1 aliphatic heterocycles. The number of hydrazine groups is 1. The second kappa shape index (κ2) is 5.38. The Morgan fingerprint density at radius 2 is 2.29 bits per heavy atom. The predicted octanol–water partition coefficient (Wildman–Crippen LogP) is 2.54. The zero-order valence-electron chi connectivity index (χ0n) is 9.68. The van der Waals surface area contributed by atoms with Crippen molar-refractivity contribution < 1.29 is 0 Å². The average molecular weight is 216 g/mol. The van der Waals surface area contributed by atoms with Crippen molar-refractivity contribution in [3.05, 3.63) is 0 Å². The minimum absolute atomic E-state index is 0.364. The highest BCUT2D eigenvalue weighted by molar-refractivity contribution is 8.00. The number of hydrogen-bond acceptors (Lipinski definition) is 3. The smallest absolute Gasteiger partial charge is 0.0380 e. The van der Waals surface area contributed by atoms with Crippen LogP contribution in [0.25, 0.3) is 0 Å². The van der Waals surface area contributed by atoms with Gasteiger partial charge in [-0.2, -0.15) is 11.8 Å². The van der Waals surface area contributed by atoms with Gasteiger partial charge in [-0.15, -0.1) is 0 Å². The van der Waals surface area contributed by atoms with Gasteiger partial charge in [0.25, 0.3) is 0 Å². The van der Waals surface area contributed by atoms with Crippen LogP contribution in [0.15, 0.2) is 0 Å². The lowest BCUT2D eigenvalue weighted by Crippen LogP contribution is -2.52. The van der Waals surface area contributed by atoms with Crippen LogP contribution in [-0.4, -0.2) is 16.5 Å². The van der Waals surface area contributed by atoms with E-state index in [9.17, 15) is 0 Å². The van der Waals surface area contributed by atoms with E-state index in [2.05, 4.69) is 38.0 Å². The third kappa shape index (κ3) is 2.65. The third-order valence-electron chi connectivity index (χ3n) is 3.40. The van der Waals surface area contributed by atoms with Crippen molar-refractivity contribution in [2.75, 3.05) is 5.75 Å². The first kappa shape index (κ1) is 12.3. The molecule has 0 aromatic carbocycles. The molecule has 1 heterocycles. The largest absolute Gasteiger partial charge is 0.271 e. The molecule has 0 aliphatic carbocycles. The van der Waals surface area contributed by atoms with Gasteiger partial charge < -0.3 is 0 Å². The lowest BCUT2D eigenvalue weighted by atomic mass is 9.85. The zero-order chi connectivity index (χ0) is 10.6. The molecule has 84 valence electrons. The Morgan fingerprint density at radius 3 is 2.71 bits per heavy atom. The van der Waals surface area contributed by atoms with Gasteiger partial charge in [0.15, 0.2) is 0 Å². The van der Waals surface area contributed by atoms with Crippen molar-refractivity contribution in [3.8, 4) is 0 Å². The van der Waals surface area contributed by atoms with E-state index in [0.29, 0.717) is 16.7 Å². The standard InChI is InChI=1S/C11H24N2S/c1-4-6-9(2)10(13-12)11(3)7-5-8-14-11/h9-10,13H,4-8,12H2,1-3H3. The van der Waals surface area contributed by atoms with Gasteiger partial charge in [-0.25, -0.2) is 0 Å². The van der Waals surface area contributed by atoms with Crippen molar-refractivity contribution in [3.63, 3.8) is 0 Å². The first-order valence-corrected chi connectivity index (χ1v) is 6.72. The van der Waals surface area contributed by atoms with Gasteiger partial charge in [-0.05, 0) is 37.9 Å². The number of nitrogens with two attached hydrogens (primary N) is 1. The highest BCUT2D eigenvalue weighted by Gasteiger charge is 2.39. The summed E-state index contributed by atoms with van der Waals surface area (Å²) in [7, 11) is 0. The Labute approximate surface area is 92.4 Å². The van der Waals surface area contributed by atoms with E-state index in [-0.39, 0.29) is 0 Å². The SMILES string of the molecule is CCCC(C)C(NN)C1(C)CCCS1. The summed E-state index contributed by atoms with van der Waals surface area (Å²) in [6, 6.07) is 0.468. The number of hydrogen-bond donors (Lipinski definition) is 2.